The summed E-state index contributed by atoms with van der Waals surface area (Å²) in [6, 6.07) is 4.53. The lowest BCUT2D eigenvalue weighted by atomic mass is 9.97. The van der Waals surface area contributed by atoms with Crippen LogP contribution in [0.1, 0.15) is 17.2 Å². The fourth-order valence-electron chi connectivity index (χ4n) is 1.72. The van der Waals surface area contributed by atoms with Crippen LogP contribution in [0, 0.1) is 17.0 Å². The molecule has 1 aromatic carbocycles. The number of nitro benzene ring substituents is 1. The highest BCUT2D eigenvalue weighted by molar-refractivity contribution is 5.46. The van der Waals surface area contributed by atoms with Gasteiger partial charge in [-0.3, -0.25) is 10.1 Å². The second kappa shape index (κ2) is 5.72. The van der Waals surface area contributed by atoms with Gasteiger partial charge in [-0.15, -0.1) is 0 Å². The van der Waals surface area contributed by atoms with Crippen molar-refractivity contribution in [2.75, 3.05) is 13.6 Å². The zero-order chi connectivity index (χ0) is 13.0. The summed E-state index contributed by atoms with van der Waals surface area (Å²) in [4.78, 5) is 10.3. The molecule has 94 valence electrons. The molecule has 2 unspecified atom stereocenters. The standard InChI is InChI=1S/C11H16N2O4/c1-7-4-3-5-8(13(16)17)10(7)11(15)9(14)6-12-2/h3-5,9,11-12,14-15H,6H2,1-2H3. The minimum Gasteiger partial charge on any atom is -0.389 e. The van der Waals surface area contributed by atoms with E-state index >= 15 is 0 Å². The van der Waals surface area contributed by atoms with E-state index in [1.165, 1.54) is 6.07 Å². The fourth-order valence-corrected chi connectivity index (χ4v) is 1.72. The van der Waals surface area contributed by atoms with Crippen molar-refractivity contribution in [2.45, 2.75) is 19.1 Å². The molecule has 3 N–H and O–H groups in total. The van der Waals surface area contributed by atoms with Crippen LogP contribution < -0.4 is 5.32 Å². The van der Waals surface area contributed by atoms with Crippen LogP contribution in [-0.2, 0) is 0 Å². The lowest BCUT2D eigenvalue weighted by molar-refractivity contribution is -0.386. The minimum atomic E-state index is -1.27. The Labute approximate surface area is 99.0 Å². The topological polar surface area (TPSA) is 95.6 Å². The maximum Gasteiger partial charge on any atom is 0.275 e. The molecule has 0 saturated carbocycles. The summed E-state index contributed by atoms with van der Waals surface area (Å²) in [5.41, 5.74) is 0.578. The number of nitro groups is 1. The van der Waals surface area contributed by atoms with Crippen molar-refractivity contribution in [3.8, 4) is 0 Å². The number of hydrogen-bond donors (Lipinski definition) is 3. The van der Waals surface area contributed by atoms with Gasteiger partial charge in [0.15, 0.2) is 0 Å². The molecule has 0 aliphatic carbocycles. The van der Waals surface area contributed by atoms with Gasteiger partial charge in [0.25, 0.3) is 5.69 Å². The molecular formula is C11H16N2O4. The number of nitrogens with zero attached hydrogens (tertiary/aromatic N) is 1. The molecule has 0 aromatic heterocycles. The zero-order valence-corrected chi connectivity index (χ0v) is 9.75. The molecule has 0 bridgehead atoms. The third kappa shape index (κ3) is 3.00. The predicted octanol–water partition coefficient (Wildman–Crippen LogP) is 0.517. The minimum absolute atomic E-state index is 0.159. The van der Waals surface area contributed by atoms with E-state index in [2.05, 4.69) is 5.32 Å². The fraction of sp³-hybridized carbons (Fsp3) is 0.455. The van der Waals surface area contributed by atoms with Crippen molar-refractivity contribution >= 4 is 5.69 Å². The van der Waals surface area contributed by atoms with Crippen molar-refractivity contribution < 1.29 is 15.1 Å². The van der Waals surface area contributed by atoms with Gasteiger partial charge in [0, 0.05) is 12.6 Å². The molecular weight excluding hydrogens is 224 g/mol. The highest BCUT2D eigenvalue weighted by atomic mass is 16.6. The Morgan fingerprint density at radius 1 is 1.47 bits per heavy atom. The van der Waals surface area contributed by atoms with Gasteiger partial charge in [-0.2, -0.15) is 0 Å². The Bertz CT molecular complexity index is 408. The molecule has 0 radical (unpaired) electrons. The van der Waals surface area contributed by atoms with Crippen molar-refractivity contribution in [1.29, 1.82) is 0 Å². The Balaban J connectivity index is 3.15. The summed E-state index contributed by atoms with van der Waals surface area (Å²) >= 11 is 0. The molecule has 6 nitrogen and oxygen atoms in total. The van der Waals surface area contributed by atoms with Gasteiger partial charge in [-0.1, -0.05) is 12.1 Å². The lowest BCUT2D eigenvalue weighted by Gasteiger charge is -2.19. The summed E-state index contributed by atoms with van der Waals surface area (Å²) in [7, 11) is 1.63. The van der Waals surface area contributed by atoms with E-state index in [0.717, 1.165) is 0 Å². The molecule has 17 heavy (non-hydrogen) atoms. The molecule has 0 amide bonds. The Morgan fingerprint density at radius 2 is 2.12 bits per heavy atom. The molecule has 0 saturated heterocycles. The van der Waals surface area contributed by atoms with Gasteiger partial charge in [0.2, 0.25) is 0 Å². The smallest absolute Gasteiger partial charge is 0.275 e. The van der Waals surface area contributed by atoms with Crippen LogP contribution in [0.3, 0.4) is 0 Å². The van der Waals surface area contributed by atoms with Crippen LogP contribution in [0.25, 0.3) is 0 Å². The first-order chi connectivity index (χ1) is 7.99. The second-order valence-electron chi connectivity index (χ2n) is 3.83. The summed E-state index contributed by atoms with van der Waals surface area (Å²) in [5.74, 6) is 0. The van der Waals surface area contributed by atoms with Gasteiger partial charge in [0.1, 0.15) is 6.10 Å². The van der Waals surface area contributed by atoms with Crippen LogP contribution >= 0.6 is 0 Å². The number of aliphatic hydroxyl groups is 2. The number of benzene rings is 1. The van der Waals surface area contributed by atoms with E-state index in [0.29, 0.717) is 5.56 Å². The third-order valence-electron chi connectivity index (χ3n) is 2.57. The van der Waals surface area contributed by atoms with Crippen molar-refractivity contribution in [3.63, 3.8) is 0 Å². The highest BCUT2D eigenvalue weighted by Gasteiger charge is 2.27. The molecule has 2 atom stereocenters. The third-order valence-corrected chi connectivity index (χ3v) is 2.57. The number of aryl methyl sites for hydroxylation is 1. The first-order valence-corrected chi connectivity index (χ1v) is 5.23. The van der Waals surface area contributed by atoms with Crippen LogP contribution in [0.15, 0.2) is 18.2 Å². The van der Waals surface area contributed by atoms with E-state index in [9.17, 15) is 20.3 Å². The number of aliphatic hydroxyl groups excluding tert-OH is 2. The van der Waals surface area contributed by atoms with Crippen LogP contribution in [0.4, 0.5) is 5.69 Å². The molecule has 0 fully saturated rings. The molecule has 0 heterocycles. The van der Waals surface area contributed by atoms with Crippen LogP contribution in [0.2, 0.25) is 0 Å². The van der Waals surface area contributed by atoms with Gasteiger partial charge in [-0.25, -0.2) is 0 Å². The molecule has 0 aliphatic rings. The summed E-state index contributed by atoms with van der Waals surface area (Å²) in [6.45, 7) is 1.82. The summed E-state index contributed by atoms with van der Waals surface area (Å²) in [6.07, 6.45) is -2.36. The van der Waals surface area contributed by atoms with Gasteiger partial charge >= 0.3 is 0 Å². The highest BCUT2D eigenvalue weighted by Crippen LogP contribution is 2.30. The van der Waals surface area contributed by atoms with E-state index in [1.54, 1.807) is 26.1 Å². The van der Waals surface area contributed by atoms with Crippen LogP contribution in [0.5, 0.6) is 0 Å². The monoisotopic (exact) mass is 240 g/mol. The number of nitrogens with one attached hydrogen (secondary N) is 1. The Hall–Kier alpha value is -1.50. The van der Waals surface area contributed by atoms with E-state index in [4.69, 9.17) is 0 Å². The Morgan fingerprint density at radius 3 is 2.65 bits per heavy atom. The van der Waals surface area contributed by atoms with Crippen LogP contribution in [-0.4, -0.2) is 34.8 Å². The SMILES string of the molecule is CNCC(O)C(O)c1c(C)cccc1[N+](=O)[O-]. The van der Waals surface area contributed by atoms with E-state index < -0.39 is 17.1 Å². The molecule has 6 heteroatoms. The van der Waals surface area contributed by atoms with Crippen molar-refractivity contribution in [1.82, 2.24) is 5.32 Å². The Kier molecular flexibility index (Phi) is 4.56. The van der Waals surface area contributed by atoms with E-state index in [1.807, 2.05) is 0 Å². The summed E-state index contributed by atoms with van der Waals surface area (Å²) < 4.78 is 0. The van der Waals surface area contributed by atoms with Crippen molar-refractivity contribution in [3.05, 3.63) is 39.4 Å². The molecule has 0 aliphatic heterocycles. The first-order valence-electron chi connectivity index (χ1n) is 5.23. The average molecular weight is 240 g/mol. The molecule has 1 aromatic rings. The second-order valence-corrected chi connectivity index (χ2v) is 3.83. The average Bonchev–Trinajstić information content (AvgIpc) is 2.28. The van der Waals surface area contributed by atoms with E-state index in [-0.39, 0.29) is 17.8 Å². The number of rotatable bonds is 5. The quantitative estimate of drug-likeness (QED) is 0.515. The maximum absolute atomic E-state index is 10.9. The molecule has 1 rings (SSSR count). The van der Waals surface area contributed by atoms with Gasteiger partial charge in [0.05, 0.1) is 16.6 Å². The number of likely N-dealkylation sites (N-methyl/N-ethyl adjacent to an activating group) is 1. The normalized spacial score (nSPS) is 14.4. The lowest BCUT2D eigenvalue weighted by Crippen LogP contribution is -2.30. The predicted molar refractivity (Wildman–Crippen MR) is 62.7 cm³/mol. The zero-order valence-electron chi connectivity index (χ0n) is 9.75. The first kappa shape index (κ1) is 13.6. The largest absolute Gasteiger partial charge is 0.389 e. The van der Waals surface area contributed by atoms with Gasteiger partial charge < -0.3 is 15.5 Å². The molecule has 0 spiro atoms. The summed E-state index contributed by atoms with van der Waals surface area (Å²) in [5, 5.41) is 33.2. The number of hydrogen-bond acceptors (Lipinski definition) is 5. The van der Waals surface area contributed by atoms with Crippen molar-refractivity contribution in [2.24, 2.45) is 0 Å². The van der Waals surface area contributed by atoms with Gasteiger partial charge in [-0.05, 0) is 19.5 Å². The maximum atomic E-state index is 10.9.